The molecule has 0 saturated heterocycles. The van der Waals surface area contributed by atoms with Crippen molar-refractivity contribution in [1.29, 1.82) is 0 Å². The lowest BCUT2D eigenvalue weighted by Crippen LogP contribution is -2.32. The van der Waals surface area contributed by atoms with E-state index in [1.165, 1.54) is 0 Å². The van der Waals surface area contributed by atoms with Crippen LogP contribution in [0.1, 0.15) is 12.8 Å². The molecule has 6 heteroatoms. The number of aliphatic hydroxyl groups excluding tert-OH is 1. The summed E-state index contributed by atoms with van der Waals surface area (Å²) in [7, 11) is -1.73. The standard InChI is InChI=1S/C12H15F2NO2S/c13-8-1-4-11(14)12(5-8)18(17)7-10(16)6-15-9-2-3-9/h1,4-5,9-10,15-16H,2-3,6-7H2. The SMILES string of the molecule is O=S(CC(O)CNC1CC1)c1cc(F)ccc1F. The summed E-state index contributed by atoms with van der Waals surface area (Å²) in [4.78, 5) is -0.194. The lowest BCUT2D eigenvalue weighted by molar-refractivity contribution is 0.194. The predicted octanol–water partition coefficient (Wildman–Crippen LogP) is 1.19. The maximum absolute atomic E-state index is 13.3. The number of aliphatic hydroxyl groups is 1. The van der Waals surface area contributed by atoms with Crippen LogP contribution < -0.4 is 5.32 Å². The van der Waals surface area contributed by atoms with Gasteiger partial charge in [0.25, 0.3) is 0 Å². The Labute approximate surface area is 107 Å². The van der Waals surface area contributed by atoms with Crippen LogP contribution in [0.25, 0.3) is 0 Å². The summed E-state index contributed by atoms with van der Waals surface area (Å²) in [6.45, 7) is 0.327. The molecular weight excluding hydrogens is 260 g/mol. The van der Waals surface area contributed by atoms with Crippen molar-refractivity contribution in [2.45, 2.75) is 29.9 Å². The summed E-state index contributed by atoms with van der Waals surface area (Å²) >= 11 is 0. The highest BCUT2D eigenvalue weighted by Crippen LogP contribution is 2.19. The van der Waals surface area contributed by atoms with Crippen LogP contribution in [0.3, 0.4) is 0 Å². The van der Waals surface area contributed by atoms with Crippen molar-refractivity contribution in [3.63, 3.8) is 0 Å². The van der Waals surface area contributed by atoms with Gasteiger partial charge in [-0.25, -0.2) is 8.78 Å². The first-order chi connectivity index (χ1) is 8.56. The van der Waals surface area contributed by atoms with Gasteiger partial charge in [0.15, 0.2) is 0 Å². The average Bonchev–Trinajstić information content (AvgIpc) is 3.13. The molecule has 1 aromatic rings. The van der Waals surface area contributed by atoms with E-state index < -0.39 is 28.5 Å². The molecule has 0 aliphatic heterocycles. The second-order valence-corrected chi connectivity index (χ2v) is 5.89. The van der Waals surface area contributed by atoms with Gasteiger partial charge in [-0.2, -0.15) is 0 Å². The van der Waals surface area contributed by atoms with Gasteiger partial charge in [-0.15, -0.1) is 0 Å². The lowest BCUT2D eigenvalue weighted by Gasteiger charge is -2.11. The van der Waals surface area contributed by atoms with Crippen LogP contribution in [0.2, 0.25) is 0 Å². The number of nitrogens with one attached hydrogen (secondary N) is 1. The molecule has 2 unspecified atom stereocenters. The van der Waals surface area contributed by atoms with E-state index >= 15 is 0 Å². The Morgan fingerprint density at radius 3 is 2.83 bits per heavy atom. The van der Waals surface area contributed by atoms with E-state index in [0.29, 0.717) is 12.6 Å². The highest BCUT2D eigenvalue weighted by Gasteiger charge is 2.22. The molecule has 0 radical (unpaired) electrons. The topological polar surface area (TPSA) is 49.3 Å². The Morgan fingerprint density at radius 1 is 1.44 bits per heavy atom. The van der Waals surface area contributed by atoms with Crippen LogP contribution in [0.5, 0.6) is 0 Å². The van der Waals surface area contributed by atoms with E-state index in [1.807, 2.05) is 0 Å². The van der Waals surface area contributed by atoms with Crippen molar-refractivity contribution in [2.24, 2.45) is 0 Å². The van der Waals surface area contributed by atoms with E-state index in [4.69, 9.17) is 0 Å². The van der Waals surface area contributed by atoms with Crippen molar-refractivity contribution >= 4 is 10.8 Å². The molecule has 2 N–H and O–H groups in total. The molecule has 2 rings (SSSR count). The number of halogens is 2. The number of hydrogen-bond acceptors (Lipinski definition) is 3. The maximum atomic E-state index is 13.3. The zero-order valence-electron chi connectivity index (χ0n) is 9.73. The van der Waals surface area contributed by atoms with Crippen LogP contribution in [-0.2, 0) is 10.8 Å². The quantitative estimate of drug-likeness (QED) is 0.820. The van der Waals surface area contributed by atoms with Crippen LogP contribution >= 0.6 is 0 Å². The molecule has 1 aliphatic carbocycles. The Morgan fingerprint density at radius 2 is 2.17 bits per heavy atom. The van der Waals surface area contributed by atoms with E-state index in [-0.39, 0.29) is 10.6 Å². The van der Waals surface area contributed by atoms with Crippen molar-refractivity contribution in [3.05, 3.63) is 29.8 Å². The van der Waals surface area contributed by atoms with E-state index in [2.05, 4.69) is 5.32 Å². The molecule has 3 nitrogen and oxygen atoms in total. The Bertz CT molecular complexity index is 452. The van der Waals surface area contributed by atoms with Gasteiger partial charge in [0.05, 0.1) is 27.6 Å². The van der Waals surface area contributed by atoms with Gasteiger partial charge in [0, 0.05) is 12.6 Å². The van der Waals surface area contributed by atoms with Crippen LogP contribution in [-0.4, -0.2) is 33.8 Å². The van der Waals surface area contributed by atoms with E-state index in [9.17, 15) is 18.1 Å². The van der Waals surface area contributed by atoms with Gasteiger partial charge < -0.3 is 10.4 Å². The van der Waals surface area contributed by atoms with Gasteiger partial charge in [-0.1, -0.05) is 0 Å². The monoisotopic (exact) mass is 275 g/mol. The highest BCUT2D eigenvalue weighted by atomic mass is 32.2. The average molecular weight is 275 g/mol. The second kappa shape index (κ2) is 5.86. The molecule has 0 heterocycles. The third-order valence-electron chi connectivity index (χ3n) is 2.70. The third kappa shape index (κ3) is 3.83. The number of hydrogen-bond donors (Lipinski definition) is 2. The van der Waals surface area contributed by atoms with Crippen LogP contribution in [0.4, 0.5) is 8.78 Å². The van der Waals surface area contributed by atoms with E-state index in [0.717, 1.165) is 31.0 Å². The normalized spacial score (nSPS) is 18.6. The van der Waals surface area contributed by atoms with Gasteiger partial charge in [0.2, 0.25) is 0 Å². The summed E-state index contributed by atoms with van der Waals surface area (Å²) < 4.78 is 38.1. The fourth-order valence-electron chi connectivity index (χ4n) is 1.57. The maximum Gasteiger partial charge on any atom is 0.139 e. The molecule has 100 valence electrons. The first-order valence-electron chi connectivity index (χ1n) is 5.81. The molecular formula is C12H15F2NO2S. The van der Waals surface area contributed by atoms with Crippen molar-refractivity contribution in [2.75, 3.05) is 12.3 Å². The largest absolute Gasteiger partial charge is 0.391 e. The summed E-state index contributed by atoms with van der Waals surface area (Å²) in [5.41, 5.74) is 0. The fraction of sp³-hybridized carbons (Fsp3) is 0.500. The summed E-state index contributed by atoms with van der Waals surface area (Å²) in [5.74, 6) is -1.44. The van der Waals surface area contributed by atoms with Gasteiger partial charge >= 0.3 is 0 Å². The molecule has 1 aromatic carbocycles. The van der Waals surface area contributed by atoms with Crippen LogP contribution in [0, 0.1) is 11.6 Å². The van der Waals surface area contributed by atoms with Gasteiger partial charge in [-0.05, 0) is 31.0 Å². The van der Waals surface area contributed by atoms with Crippen molar-refractivity contribution in [3.8, 4) is 0 Å². The Balaban J connectivity index is 1.91. The molecule has 1 aliphatic rings. The third-order valence-corrected chi connectivity index (χ3v) is 4.19. The first kappa shape index (κ1) is 13.6. The van der Waals surface area contributed by atoms with Crippen molar-refractivity contribution in [1.82, 2.24) is 5.32 Å². The number of rotatable bonds is 6. The molecule has 18 heavy (non-hydrogen) atoms. The second-order valence-electron chi connectivity index (χ2n) is 4.42. The summed E-state index contributed by atoms with van der Waals surface area (Å²) in [6, 6.07) is 3.27. The van der Waals surface area contributed by atoms with E-state index in [1.54, 1.807) is 0 Å². The molecule has 1 saturated carbocycles. The number of benzene rings is 1. The van der Waals surface area contributed by atoms with Gasteiger partial charge in [0.1, 0.15) is 11.6 Å². The lowest BCUT2D eigenvalue weighted by atomic mass is 10.3. The minimum absolute atomic E-state index is 0.0971. The Kier molecular flexibility index (Phi) is 4.42. The Hall–Kier alpha value is -0.850. The summed E-state index contributed by atoms with van der Waals surface area (Å²) in [6.07, 6.45) is 1.36. The summed E-state index contributed by atoms with van der Waals surface area (Å²) in [5, 5.41) is 12.7. The highest BCUT2D eigenvalue weighted by molar-refractivity contribution is 7.85. The molecule has 0 aromatic heterocycles. The smallest absolute Gasteiger partial charge is 0.139 e. The first-order valence-corrected chi connectivity index (χ1v) is 7.13. The molecule has 0 amide bonds. The minimum atomic E-state index is -1.73. The predicted molar refractivity (Wildman–Crippen MR) is 64.7 cm³/mol. The molecule has 2 atom stereocenters. The molecule has 0 spiro atoms. The van der Waals surface area contributed by atoms with Crippen LogP contribution in [0.15, 0.2) is 23.1 Å². The zero-order valence-corrected chi connectivity index (χ0v) is 10.6. The van der Waals surface area contributed by atoms with Crippen molar-refractivity contribution < 1.29 is 18.1 Å². The zero-order chi connectivity index (χ0) is 13.1. The minimum Gasteiger partial charge on any atom is -0.391 e. The molecule has 0 bridgehead atoms. The fourth-order valence-corrected chi connectivity index (χ4v) is 2.74. The molecule has 1 fully saturated rings. The van der Waals surface area contributed by atoms with Gasteiger partial charge in [-0.3, -0.25) is 4.21 Å².